The molecule has 0 saturated heterocycles. The van der Waals surface area contributed by atoms with Crippen LogP contribution >= 0.6 is 0 Å². The fraction of sp³-hybridized carbons (Fsp3) is 0.450. The molecule has 6 heteroatoms. The molecule has 0 amide bonds. The Morgan fingerprint density at radius 1 is 1.15 bits per heavy atom. The number of hydrogen-bond acceptors (Lipinski definition) is 4. The molecule has 1 N–H and O–H groups in total. The maximum Gasteiger partial charge on any atom is 0.184 e. The molecule has 1 aliphatic rings. The zero-order chi connectivity index (χ0) is 18.4. The van der Waals surface area contributed by atoms with Gasteiger partial charge in [-0.25, -0.2) is 8.42 Å². The van der Waals surface area contributed by atoms with Crippen LogP contribution in [-0.4, -0.2) is 29.9 Å². The summed E-state index contributed by atoms with van der Waals surface area (Å²) in [4.78, 5) is 0.341. The monoisotopic (exact) mass is 374 g/mol. The molecular weight excluding hydrogens is 348 g/mol. The summed E-state index contributed by atoms with van der Waals surface area (Å²) >= 11 is 0. The molecule has 1 aromatic carbocycles. The third kappa shape index (κ3) is 4.62. The van der Waals surface area contributed by atoms with E-state index in [4.69, 9.17) is 5.11 Å². The third-order valence-electron chi connectivity index (χ3n) is 4.78. The molecule has 26 heavy (non-hydrogen) atoms. The van der Waals surface area contributed by atoms with Gasteiger partial charge in [0.25, 0.3) is 0 Å². The van der Waals surface area contributed by atoms with Crippen molar-refractivity contribution < 1.29 is 13.5 Å². The fourth-order valence-corrected chi connectivity index (χ4v) is 4.81. The molecule has 1 aliphatic carbocycles. The standard InChI is InChI=1S/C20H26N2O3S/c23-14-8-7-9-17-15-19(22(21-17)18-10-3-1-4-11-18)16-26(24,25)20-12-5-2-6-13-20/h2,5-7,9,12-13,15,18,23H,1,3-4,8,10-11,14,16H2/b9-7-. The van der Waals surface area contributed by atoms with Gasteiger partial charge in [-0.2, -0.15) is 5.10 Å². The van der Waals surface area contributed by atoms with Crippen molar-refractivity contribution in [2.24, 2.45) is 0 Å². The molecule has 1 fully saturated rings. The van der Waals surface area contributed by atoms with Crippen LogP contribution in [0, 0.1) is 0 Å². The lowest BCUT2D eigenvalue weighted by molar-refractivity contribution is 0.303. The highest BCUT2D eigenvalue weighted by molar-refractivity contribution is 7.90. The molecule has 1 heterocycles. The molecule has 1 saturated carbocycles. The van der Waals surface area contributed by atoms with Crippen LogP contribution in [0.5, 0.6) is 0 Å². The van der Waals surface area contributed by atoms with Crippen molar-refractivity contribution in [3.05, 3.63) is 53.9 Å². The Balaban J connectivity index is 1.90. The highest BCUT2D eigenvalue weighted by Crippen LogP contribution is 2.30. The van der Waals surface area contributed by atoms with Gasteiger partial charge >= 0.3 is 0 Å². The summed E-state index contributed by atoms with van der Waals surface area (Å²) < 4.78 is 27.6. The number of rotatable bonds is 7. The minimum absolute atomic E-state index is 0.0473. The van der Waals surface area contributed by atoms with E-state index in [1.807, 2.05) is 29.0 Å². The minimum atomic E-state index is -3.41. The Labute approximate surface area is 155 Å². The van der Waals surface area contributed by atoms with Gasteiger partial charge in [0.1, 0.15) is 0 Å². The average molecular weight is 375 g/mol. The Kier molecular flexibility index (Phi) is 6.27. The van der Waals surface area contributed by atoms with Gasteiger partial charge in [-0.1, -0.05) is 43.5 Å². The lowest BCUT2D eigenvalue weighted by atomic mass is 9.95. The van der Waals surface area contributed by atoms with Crippen LogP contribution in [0.25, 0.3) is 6.08 Å². The second kappa shape index (κ2) is 8.64. The maximum atomic E-state index is 12.8. The van der Waals surface area contributed by atoms with E-state index in [9.17, 15) is 8.42 Å². The minimum Gasteiger partial charge on any atom is -0.396 e. The quantitative estimate of drug-likeness (QED) is 0.801. The zero-order valence-electron chi connectivity index (χ0n) is 14.9. The summed E-state index contributed by atoms with van der Waals surface area (Å²) in [7, 11) is -3.41. The third-order valence-corrected chi connectivity index (χ3v) is 6.44. The molecule has 0 aliphatic heterocycles. The van der Waals surface area contributed by atoms with E-state index in [1.54, 1.807) is 24.3 Å². The highest BCUT2D eigenvalue weighted by atomic mass is 32.2. The van der Waals surface area contributed by atoms with E-state index in [0.717, 1.165) is 37.1 Å². The Bertz CT molecular complexity index is 835. The molecule has 0 unspecified atom stereocenters. The second-order valence-corrected chi connectivity index (χ2v) is 8.77. The van der Waals surface area contributed by atoms with E-state index >= 15 is 0 Å². The van der Waals surface area contributed by atoms with Crippen molar-refractivity contribution in [1.82, 2.24) is 9.78 Å². The van der Waals surface area contributed by atoms with Crippen LogP contribution in [0.4, 0.5) is 0 Å². The van der Waals surface area contributed by atoms with Crippen molar-refractivity contribution in [3.8, 4) is 0 Å². The molecule has 0 radical (unpaired) electrons. The van der Waals surface area contributed by atoms with Crippen LogP contribution in [0.1, 0.15) is 56.0 Å². The van der Waals surface area contributed by atoms with Gasteiger partial charge in [-0.15, -0.1) is 0 Å². The molecule has 2 aromatic rings. The van der Waals surface area contributed by atoms with Crippen LogP contribution in [0.3, 0.4) is 0 Å². The lowest BCUT2D eigenvalue weighted by Gasteiger charge is -2.24. The zero-order valence-corrected chi connectivity index (χ0v) is 15.7. The number of aromatic nitrogens is 2. The van der Waals surface area contributed by atoms with Gasteiger partial charge < -0.3 is 5.11 Å². The molecule has 1 aromatic heterocycles. The maximum absolute atomic E-state index is 12.8. The summed E-state index contributed by atoms with van der Waals surface area (Å²) in [6, 6.07) is 10.7. The first-order valence-corrected chi connectivity index (χ1v) is 10.9. The predicted octanol–water partition coefficient (Wildman–Crippen LogP) is 3.76. The van der Waals surface area contributed by atoms with E-state index in [-0.39, 0.29) is 18.4 Å². The van der Waals surface area contributed by atoms with E-state index < -0.39 is 9.84 Å². The Morgan fingerprint density at radius 3 is 2.58 bits per heavy atom. The summed E-state index contributed by atoms with van der Waals surface area (Å²) in [5, 5.41) is 13.6. The number of aliphatic hydroxyl groups excluding tert-OH is 1. The van der Waals surface area contributed by atoms with Gasteiger partial charge in [0.15, 0.2) is 9.84 Å². The van der Waals surface area contributed by atoms with Crippen molar-refractivity contribution in [1.29, 1.82) is 0 Å². The SMILES string of the molecule is O=S(=O)(Cc1cc(/C=C\CCO)nn1C1CCCCC1)c1ccccc1. The first-order valence-electron chi connectivity index (χ1n) is 9.24. The van der Waals surface area contributed by atoms with Crippen LogP contribution in [0.2, 0.25) is 0 Å². The number of aliphatic hydroxyl groups is 1. The Hall–Kier alpha value is -1.92. The molecule has 0 bridgehead atoms. The van der Waals surface area contributed by atoms with Crippen molar-refractivity contribution >= 4 is 15.9 Å². The molecular formula is C20H26N2O3S. The van der Waals surface area contributed by atoms with Crippen molar-refractivity contribution in [2.45, 2.75) is 55.2 Å². The first-order chi connectivity index (χ1) is 12.6. The van der Waals surface area contributed by atoms with Gasteiger partial charge in [-0.3, -0.25) is 4.68 Å². The average Bonchev–Trinajstić information content (AvgIpc) is 3.05. The number of sulfone groups is 1. The summed E-state index contributed by atoms with van der Waals surface area (Å²) in [6.45, 7) is 0.0923. The largest absolute Gasteiger partial charge is 0.396 e. The smallest absolute Gasteiger partial charge is 0.184 e. The summed E-state index contributed by atoms with van der Waals surface area (Å²) in [6.07, 6.45) is 9.92. The normalized spacial score (nSPS) is 16.3. The fourth-order valence-electron chi connectivity index (χ4n) is 3.47. The molecule has 5 nitrogen and oxygen atoms in total. The van der Waals surface area contributed by atoms with Gasteiger partial charge in [0.2, 0.25) is 0 Å². The van der Waals surface area contributed by atoms with Crippen molar-refractivity contribution in [3.63, 3.8) is 0 Å². The summed E-state index contributed by atoms with van der Waals surface area (Å²) in [5.74, 6) is -0.0473. The highest BCUT2D eigenvalue weighted by Gasteiger charge is 2.23. The Morgan fingerprint density at radius 2 is 1.88 bits per heavy atom. The van der Waals surface area contributed by atoms with Crippen molar-refractivity contribution in [2.75, 3.05) is 6.61 Å². The lowest BCUT2D eigenvalue weighted by Crippen LogP contribution is -2.18. The van der Waals surface area contributed by atoms with Gasteiger partial charge in [0, 0.05) is 6.61 Å². The molecule has 0 spiro atoms. The molecule has 140 valence electrons. The number of nitrogens with zero attached hydrogens (tertiary/aromatic N) is 2. The topological polar surface area (TPSA) is 72.2 Å². The molecule has 0 atom stereocenters. The van der Waals surface area contributed by atoms with Crippen LogP contribution < -0.4 is 0 Å². The number of benzene rings is 1. The van der Waals surface area contributed by atoms with Gasteiger partial charge in [-0.05, 0) is 43.5 Å². The molecule has 3 rings (SSSR count). The van der Waals surface area contributed by atoms with Crippen LogP contribution in [0.15, 0.2) is 47.4 Å². The van der Waals surface area contributed by atoms with E-state index in [0.29, 0.717) is 11.3 Å². The van der Waals surface area contributed by atoms with E-state index in [1.165, 1.54) is 6.42 Å². The predicted molar refractivity (Wildman–Crippen MR) is 102 cm³/mol. The number of hydrogen-bond donors (Lipinski definition) is 1. The second-order valence-electron chi connectivity index (χ2n) is 6.78. The van der Waals surface area contributed by atoms with E-state index in [2.05, 4.69) is 5.10 Å². The van der Waals surface area contributed by atoms with Gasteiger partial charge in [0.05, 0.1) is 28.1 Å². The first kappa shape index (κ1) is 18.9. The summed E-state index contributed by atoms with van der Waals surface area (Å²) in [5.41, 5.74) is 1.49. The van der Waals surface area contributed by atoms with Crippen LogP contribution in [-0.2, 0) is 15.6 Å².